The standard InChI is InChI=1S/C18H17F2N3OS/c1-18(2)8-14(11-6-4-5-7-15(11)25-3)22-23(18)17(24)16-12(19)9-21-10-13(16)20/h4-7,9-10H,8H2,1-3H3. The number of pyridine rings is 1. The number of hydrogen-bond donors (Lipinski definition) is 0. The van der Waals surface area contributed by atoms with Crippen molar-refractivity contribution in [2.24, 2.45) is 5.10 Å². The van der Waals surface area contributed by atoms with E-state index in [1.54, 1.807) is 11.8 Å². The molecule has 4 nitrogen and oxygen atoms in total. The number of amides is 1. The molecule has 1 aliphatic rings. The van der Waals surface area contributed by atoms with Gasteiger partial charge < -0.3 is 0 Å². The highest BCUT2D eigenvalue weighted by Gasteiger charge is 2.41. The van der Waals surface area contributed by atoms with E-state index < -0.39 is 28.6 Å². The van der Waals surface area contributed by atoms with Gasteiger partial charge in [-0.05, 0) is 26.2 Å². The van der Waals surface area contributed by atoms with E-state index in [2.05, 4.69) is 10.1 Å². The molecule has 0 bridgehead atoms. The number of aromatic nitrogens is 1. The molecule has 0 saturated carbocycles. The molecule has 1 aromatic carbocycles. The monoisotopic (exact) mass is 361 g/mol. The molecule has 0 N–H and O–H groups in total. The van der Waals surface area contributed by atoms with Crippen LogP contribution in [-0.4, -0.2) is 33.4 Å². The number of hydrogen-bond acceptors (Lipinski definition) is 4. The van der Waals surface area contributed by atoms with E-state index in [1.807, 2.05) is 44.4 Å². The smallest absolute Gasteiger partial charge is 0.267 e. The van der Waals surface area contributed by atoms with Gasteiger partial charge in [0, 0.05) is 16.9 Å². The van der Waals surface area contributed by atoms with Gasteiger partial charge in [0.25, 0.3) is 5.91 Å². The Hall–Kier alpha value is -2.28. The van der Waals surface area contributed by atoms with Gasteiger partial charge in [0.2, 0.25) is 0 Å². The van der Waals surface area contributed by atoms with E-state index in [4.69, 9.17) is 0 Å². The van der Waals surface area contributed by atoms with Crippen LogP contribution in [0.2, 0.25) is 0 Å². The molecule has 130 valence electrons. The second-order valence-electron chi connectivity index (χ2n) is 6.33. The summed E-state index contributed by atoms with van der Waals surface area (Å²) in [7, 11) is 0. The maximum Gasteiger partial charge on any atom is 0.280 e. The summed E-state index contributed by atoms with van der Waals surface area (Å²) < 4.78 is 27.9. The van der Waals surface area contributed by atoms with Gasteiger partial charge in [-0.25, -0.2) is 13.8 Å². The zero-order valence-corrected chi connectivity index (χ0v) is 14.9. The third kappa shape index (κ3) is 3.16. The largest absolute Gasteiger partial charge is 0.280 e. The zero-order chi connectivity index (χ0) is 18.2. The van der Waals surface area contributed by atoms with Crippen molar-refractivity contribution < 1.29 is 13.6 Å². The number of nitrogens with zero attached hydrogens (tertiary/aromatic N) is 3. The molecule has 1 amide bonds. The first kappa shape index (κ1) is 17.5. The molecule has 0 unspecified atom stereocenters. The molecule has 0 radical (unpaired) electrons. The molecule has 2 aromatic rings. The minimum atomic E-state index is -0.992. The predicted octanol–water partition coefficient (Wildman–Crippen LogP) is 4.11. The molecular formula is C18H17F2N3OS. The molecule has 0 atom stereocenters. The predicted molar refractivity (Wildman–Crippen MR) is 93.8 cm³/mol. The normalized spacial score (nSPS) is 16.0. The SMILES string of the molecule is CSc1ccccc1C1=NN(C(=O)c2c(F)cncc2F)C(C)(C)C1. The molecule has 1 aromatic heterocycles. The lowest BCUT2D eigenvalue weighted by molar-refractivity contribution is 0.0602. The van der Waals surface area contributed by atoms with Crippen molar-refractivity contribution in [1.82, 2.24) is 9.99 Å². The second kappa shape index (κ2) is 6.55. The molecule has 0 spiro atoms. The van der Waals surface area contributed by atoms with Gasteiger partial charge in [-0.15, -0.1) is 11.8 Å². The van der Waals surface area contributed by atoms with Crippen molar-refractivity contribution in [3.05, 3.63) is 59.4 Å². The van der Waals surface area contributed by atoms with E-state index in [0.717, 1.165) is 28.6 Å². The molecule has 7 heteroatoms. The Morgan fingerprint density at radius 3 is 2.48 bits per heavy atom. The topological polar surface area (TPSA) is 45.6 Å². The van der Waals surface area contributed by atoms with Crippen LogP contribution in [-0.2, 0) is 0 Å². The van der Waals surface area contributed by atoms with Crippen LogP contribution in [0, 0.1) is 11.6 Å². The maximum atomic E-state index is 13.9. The van der Waals surface area contributed by atoms with Gasteiger partial charge in [0.1, 0.15) is 5.56 Å². The van der Waals surface area contributed by atoms with Crippen molar-refractivity contribution in [2.75, 3.05) is 6.26 Å². The van der Waals surface area contributed by atoms with Crippen LogP contribution in [0.5, 0.6) is 0 Å². The first-order chi connectivity index (χ1) is 11.8. The lowest BCUT2D eigenvalue weighted by Gasteiger charge is -2.28. The van der Waals surface area contributed by atoms with E-state index in [0.29, 0.717) is 6.42 Å². The number of carbonyl (C=O) groups is 1. The summed E-state index contributed by atoms with van der Waals surface area (Å²) in [6, 6.07) is 7.74. The Kier molecular flexibility index (Phi) is 4.60. The van der Waals surface area contributed by atoms with E-state index in [1.165, 1.54) is 5.01 Å². The van der Waals surface area contributed by atoms with Crippen LogP contribution in [0.25, 0.3) is 0 Å². The van der Waals surface area contributed by atoms with Crippen LogP contribution in [0.3, 0.4) is 0 Å². The maximum absolute atomic E-state index is 13.9. The third-order valence-electron chi connectivity index (χ3n) is 4.07. The summed E-state index contributed by atoms with van der Waals surface area (Å²) in [5.74, 6) is -2.79. The zero-order valence-electron chi connectivity index (χ0n) is 14.1. The Balaban J connectivity index is 2.04. The van der Waals surface area contributed by atoms with Gasteiger partial charge in [-0.2, -0.15) is 5.10 Å². The van der Waals surface area contributed by atoms with Gasteiger partial charge in [0.15, 0.2) is 11.6 Å². The fourth-order valence-electron chi connectivity index (χ4n) is 2.85. The number of hydrazone groups is 1. The molecule has 0 fully saturated rings. The highest BCUT2D eigenvalue weighted by molar-refractivity contribution is 7.98. The van der Waals surface area contributed by atoms with Crippen LogP contribution in [0.4, 0.5) is 8.78 Å². The fourth-order valence-corrected chi connectivity index (χ4v) is 3.47. The number of thioether (sulfide) groups is 1. The van der Waals surface area contributed by atoms with E-state index >= 15 is 0 Å². The van der Waals surface area contributed by atoms with Crippen molar-refractivity contribution >= 4 is 23.4 Å². The molecule has 3 rings (SSSR count). The summed E-state index contributed by atoms with van der Waals surface area (Å²) in [5.41, 5.74) is 0.318. The first-order valence-electron chi connectivity index (χ1n) is 7.69. The highest BCUT2D eigenvalue weighted by Crippen LogP contribution is 2.34. The molecule has 2 heterocycles. The average Bonchev–Trinajstić information content (AvgIpc) is 2.89. The Labute approximate surface area is 148 Å². The van der Waals surface area contributed by atoms with Gasteiger partial charge in [-0.1, -0.05) is 18.2 Å². The Bertz CT molecular complexity index is 847. The highest BCUT2D eigenvalue weighted by atomic mass is 32.2. The van der Waals surface area contributed by atoms with Crippen molar-refractivity contribution in [3.63, 3.8) is 0 Å². The van der Waals surface area contributed by atoms with Crippen LogP contribution in [0.1, 0.15) is 36.2 Å². The summed E-state index contributed by atoms with van der Waals surface area (Å²) in [6.07, 6.45) is 4.11. The van der Waals surface area contributed by atoms with Crippen LogP contribution in [0.15, 0.2) is 46.7 Å². The average molecular weight is 361 g/mol. The van der Waals surface area contributed by atoms with Crippen molar-refractivity contribution in [1.29, 1.82) is 0 Å². The third-order valence-corrected chi connectivity index (χ3v) is 4.87. The number of benzene rings is 1. The van der Waals surface area contributed by atoms with Crippen molar-refractivity contribution in [3.8, 4) is 0 Å². The van der Waals surface area contributed by atoms with Gasteiger partial charge in [0.05, 0.1) is 23.6 Å². The summed E-state index contributed by atoms with van der Waals surface area (Å²) in [6.45, 7) is 3.64. The van der Waals surface area contributed by atoms with Crippen LogP contribution < -0.4 is 0 Å². The quantitative estimate of drug-likeness (QED) is 0.773. The summed E-state index contributed by atoms with van der Waals surface area (Å²) in [4.78, 5) is 17.2. The second-order valence-corrected chi connectivity index (χ2v) is 7.18. The number of rotatable bonds is 3. The molecular weight excluding hydrogens is 344 g/mol. The lowest BCUT2D eigenvalue weighted by atomic mass is 9.94. The van der Waals surface area contributed by atoms with Crippen LogP contribution >= 0.6 is 11.8 Å². The molecule has 25 heavy (non-hydrogen) atoms. The molecule has 1 aliphatic heterocycles. The number of carbonyl (C=O) groups excluding carboxylic acids is 1. The van der Waals surface area contributed by atoms with E-state index in [-0.39, 0.29) is 0 Å². The summed E-state index contributed by atoms with van der Waals surface area (Å²) >= 11 is 1.58. The van der Waals surface area contributed by atoms with Gasteiger partial charge >= 0.3 is 0 Å². The molecule has 0 saturated heterocycles. The Morgan fingerprint density at radius 1 is 1.20 bits per heavy atom. The first-order valence-corrected chi connectivity index (χ1v) is 8.92. The summed E-state index contributed by atoms with van der Waals surface area (Å²) in [5, 5.41) is 5.58. The van der Waals surface area contributed by atoms with E-state index in [9.17, 15) is 13.6 Å². The lowest BCUT2D eigenvalue weighted by Crippen LogP contribution is -2.41. The fraction of sp³-hybridized carbons (Fsp3) is 0.278. The minimum Gasteiger partial charge on any atom is -0.267 e. The minimum absolute atomic E-state index is 0.491. The Morgan fingerprint density at radius 2 is 1.84 bits per heavy atom. The molecule has 0 aliphatic carbocycles. The number of halogens is 2. The van der Waals surface area contributed by atoms with Crippen molar-refractivity contribution in [2.45, 2.75) is 30.7 Å². The van der Waals surface area contributed by atoms with Gasteiger partial charge in [-0.3, -0.25) is 9.78 Å².